The van der Waals surface area contributed by atoms with Crippen LogP contribution in [0.2, 0.25) is 12.6 Å². The Morgan fingerprint density at radius 1 is 1.24 bits per heavy atom. The summed E-state index contributed by atoms with van der Waals surface area (Å²) in [5.74, 6) is 2.11. The molecule has 0 unspecified atom stereocenters. The molecule has 0 saturated carbocycles. The molecule has 17 heavy (non-hydrogen) atoms. The van der Waals surface area contributed by atoms with E-state index in [1.807, 2.05) is 6.07 Å². The predicted octanol–water partition coefficient (Wildman–Crippen LogP) is 1.46. The Balaban J connectivity index is 2.16. The molecule has 1 amide bonds. The van der Waals surface area contributed by atoms with Crippen molar-refractivity contribution < 1.29 is 4.79 Å². The lowest BCUT2D eigenvalue weighted by Gasteiger charge is -2.27. The van der Waals surface area contributed by atoms with Crippen LogP contribution in [0.4, 0.5) is 5.69 Å². The second-order valence-electron chi connectivity index (χ2n) is 4.02. The number of nitriles is 2. The molecule has 0 spiro atoms. The van der Waals surface area contributed by atoms with Gasteiger partial charge in [0.05, 0.1) is 11.6 Å². The highest BCUT2D eigenvalue weighted by atomic mass is 16.2. The second kappa shape index (κ2) is 4.72. The highest BCUT2D eigenvalue weighted by molar-refractivity contribution is 6.71. The highest BCUT2D eigenvalue weighted by Crippen LogP contribution is 2.21. The zero-order valence-electron chi connectivity index (χ0n) is 9.26. The molecule has 82 valence electrons. The van der Waals surface area contributed by atoms with Gasteiger partial charge in [0.25, 0.3) is 6.71 Å². The van der Waals surface area contributed by atoms with E-state index in [0.29, 0.717) is 18.4 Å². The maximum atomic E-state index is 11.8. The quantitative estimate of drug-likeness (QED) is 0.676. The summed E-state index contributed by atoms with van der Waals surface area (Å²) in [6.07, 6.45) is 0.999. The number of nitrogens with zero attached hydrogens (tertiary/aromatic N) is 3. The highest BCUT2D eigenvalue weighted by Gasteiger charge is 2.29. The minimum Gasteiger partial charge on any atom is -0.314 e. The van der Waals surface area contributed by atoms with Crippen LogP contribution in [0, 0.1) is 22.6 Å². The van der Waals surface area contributed by atoms with Crippen LogP contribution in [0.5, 0.6) is 0 Å². The lowest BCUT2D eigenvalue weighted by molar-refractivity contribution is -0.116. The molecular weight excluding hydrogens is 213 g/mol. The first kappa shape index (κ1) is 11.2. The fourth-order valence-corrected chi connectivity index (χ4v) is 1.93. The number of amides is 1. The van der Waals surface area contributed by atoms with Crippen molar-refractivity contribution in [3.63, 3.8) is 0 Å². The SMILES string of the molecule is N#CB1CCN(c2ccc(C#N)cc2)C(=O)C1. The van der Waals surface area contributed by atoms with Crippen molar-refractivity contribution in [2.75, 3.05) is 11.4 Å². The number of carbonyl (C=O) groups excluding carboxylic acids is 1. The van der Waals surface area contributed by atoms with E-state index in [1.165, 1.54) is 0 Å². The van der Waals surface area contributed by atoms with Crippen molar-refractivity contribution in [3.05, 3.63) is 29.8 Å². The monoisotopic (exact) mass is 223 g/mol. The van der Waals surface area contributed by atoms with Gasteiger partial charge in [0.1, 0.15) is 0 Å². The third-order valence-corrected chi connectivity index (χ3v) is 2.91. The van der Waals surface area contributed by atoms with Crippen LogP contribution in [-0.4, -0.2) is 19.2 Å². The molecule has 1 aliphatic rings. The molecular formula is C12H10BN3O. The number of anilines is 1. The van der Waals surface area contributed by atoms with E-state index in [4.69, 9.17) is 10.5 Å². The van der Waals surface area contributed by atoms with Gasteiger partial charge in [-0.3, -0.25) is 4.79 Å². The van der Waals surface area contributed by atoms with Crippen molar-refractivity contribution >= 4 is 18.3 Å². The van der Waals surface area contributed by atoms with Gasteiger partial charge < -0.3 is 4.90 Å². The molecule has 0 bridgehead atoms. The molecule has 4 nitrogen and oxygen atoms in total. The summed E-state index contributed by atoms with van der Waals surface area (Å²) in [6, 6.07) is 8.96. The molecule has 1 heterocycles. The molecule has 1 saturated heterocycles. The third-order valence-electron chi connectivity index (χ3n) is 2.91. The standard InChI is InChI=1S/C12H10BN3O/c14-8-10-1-3-11(4-2-10)16-6-5-13(9-15)7-12(16)17/h1-4H,5-7H2. The average Bonchev–Trinajstić information content (AvgIpc) is 2.39. The molecule has 0 aromatic heterocycles. The first-order valence-corrected chi connectivity index (χ1v) is 5.44. The van der Waals surface area contributed by atoms with Crippen molar-refractivity contribution in [3.8, 4) is 12.0 Å². The third kappa shape index (κ3) is 2.29. The molecule has 0 atom stereocenters. The van der Waals surface area contributed by atoms with Crippen LogP contribution < -0.4 is 4.90 Å². The zero-order chi connectivity index (χ0) is 12.3. The smallest absolute Gasteiger partial charge is 0.278 e. The van der Waals surface area contributed by atoms with Crippen LogP contribution >= 0.6 is 0 Å². The summed E-state index contributed by atoms with van der Waals surface area (Å²) in [5, 5.41) is 17.5. The number of hydrogen-bond acceptors (Lipinski definition) is 3. The Kier molecular flexibility index (Phi) is 3.11. The zero-order valence-corrected chi connectivity index (χ0v) is 9.26. The van der Waals surface area contributed by atoms with Gasteiger partial charge in [0.2, 0.25) is 5.91 Å². The first-order chi connectivity index (χ1) is 8.24. The van der Waals surface area contributed by atoms with E-state index in [-0.39, 0.29) is 18.9 Å². The topological polar surface area (TPSA) is 67.9 Å². The van der Waals surface area contributed by atoms with Gasteiger partial charge >= 0.3 is 0 Å². The van der Waals surface area contributed by atoms with Gasteiger partial charge in [0, 0.05) is 24.5 Å². The molecule has 5 heteroatoms. The summed E-state index contributed by atoms with van der Waals surface area (Å²) < 4.78 is 0. The van der Waals surface area contributed by atoms with Gasteiger partial charge in [0.15, 0.2) is 0 Å². The van der Waals surface area contributed by atoms with Gasteiger partial charge in [-0.05, 0) is 30.6 Å². The van der Waals surface area contributed by atoms with Crippen molar-refractivity contribution in [1.29, 1.82) is 10.5 Å². The van der Waals surface area contributed by atoms with Crippen molar-refractivity contribution in [1.82, 2.24) is 0 Å². The van der Waals surface area contributed by atoms with Crippen LogP contribution in [0.25, 0.3) is 0 Å². The van der Waals surface area contributed by atoms with Crippen LogP contribution in [0.15, 0.2) is 24.3 Å². The molecule has 1 aromatic carbocycles. The maximum Gasteiger partial charge on any atom is 0.278 e. The van der Waals surface area contributed by atoms with Crippen molar-refractivity contribution in [2.24, 2.45) is 0 Å². The molecule has 1 aromatic rings. The van der Waals surface area contributed by atoms with E-state index in [9.17, 15) is 4.79 Å². The largest absolute Gasteiger partial charge is 0.314 e. The lowest BCUT2D eigenvalue weighted by atomic mass is 9.45. The molecule has 2 rings (SSSR count). The Bertz CT molecular complexity index is 512. The van der Waals surface area contributed by atoms with Crippen LogP contribution in [-0.2, 0) is 4.79 Å². The molecule has 1 fully saturated rings. The Hall–Kier alpha value is -2.27. The molecule has 0 N–H and O–H groups in total. The van der Waals surface area contributed by atoms with Gasteiger partial charge in [-0.1, -0.05) is 0 Å². The summed E-state index contributed by atoms with van der Waals surface area (Å²) in [6.45, 7) is 0.417. The average molecular weight is 223 g/mol. The number of carbonyl (C=O) groups is 1. The minimum atomic E-state index is -0.155. The Morgan fingerprint density at radius 2 is 1.94 bits per heavy atom. The van der Waals surface area contributed by atoms with E-state index in [2.05, 4.69) is 5.97 Å². The maximum absolute atomic E-state index is 11.8. The summed E-state index contributed by atoms with van der Waals surface area (Å²) >= 11 is 0. The normalized spacial score (nSPS) is 15.3. The molecule has 1 aliphatic heterocycles. The summed E-state index contributed by atoms with van der Waals surface area (Å²) in [7, 11) is 0. The minimum absolute atomic E-state index is 0.0208. The number of rotatable bonds is 1. The van der Waals surface area contributed by atoms with Crippen LogP contribution in [0.1, 0.15) is 5.56 Å². The number of hydrogen-bond donors (Lipinski definition) is 0. The second-order valence-corrected chi connectivity index (χ2v) is 4.02. The lowest BCUT2D eigenvalue weighted by Crippen LogP contribution is -2.41. The number of benzene rings is 1. The Morgan fingerprint density at radius 3 is 2.47 bits per heavy atom. The fraction of sp³-hybridized carbons (Fsp3) is 0.250. The fourth-order valence-electron chi connectivity index (χ4n) is 1.93. The van der Waals surface area contributed by atoms with Crippen LogP contribution in [0.3, 0.4) is 0 Å². The predicted molar refractivity (Wildman–Crippen MR) is 64.5 cm³/mol. The van der Waals surface area contributed by atoms with E-state index >= 15 is 0 Å². The van der Waals surface area contributed by atoms with Gasteiger partial charge in [-0.15, -0.1) is 0 Å². The van der Waals surface area contributed by atoms with E-state index in [0.717, 1.165) is 5.69 Å². The molecule has 0 radical (unpaired) electrons. The Labute approximate surface area is 100 Å². The van der Waals surface area contributed by atoms with E-state index in [1.54, 1.807) is 29.2 Å². The van der Waals surface area contributed by atoms with E-state index < -0.39 is 0 Å². The van der Waals surface area contributed by atoms with Gasteiger partial charge in [-0.2, -0.15) is 5.26 Å². The first-order valence-electron chi connectivity index (χ1n) is 5.44. The summed E-state index contributed by atoms with van der Waals surface area (Å²) in [5.41, 5.74) is 1.37. The van der Waals surface area contributed by atoms with Crippen molar-refractivity contribution in [2.45, 2.75) is 12.6 Å². The van der Waals surface area contributed by atoms with Gasteiger partial charge in [-0.25, -0.2) is 5.26 Å². The molecule has 0 aliphatic carbocycles. The summed E-state index contributed by atoms with van der Waals surface area (Å²) in [4.78, 5) is 13.5.